The first-order valence-electron chi connectivity index (χ1n) is 11.3. The number of hydrogen-bond donors (Lipinski definition) is 1. The monoisotopic (exact) mass is 409 g/mol. The van der Waals surface area contributed by atoms with Crippen molar-refractivity contribution in [2.75, 3.05) is 13.1 Å². The average molecular weight is 410 g/mol. The van der Waals surface area contributed by atoms with Crippen LogP contribution in [0, 0.1) is 5.92 Å². The maximum atomic E-state index is 12.9. The van der Waals surface area contributed by atoms with Crippen molar-refractivity contribution in [2.24, 2.45) is 5.92 Å². The SMILES string of the molecule is C=C1CCC(N2Cc3cc(O[C@H]4CCCC[C@@H]4N4CC(C)C4)ccc3C2=O)C(=O)N1. The third-order valence-corrected chi connectivity index (χ3v) is 7.12. The number of benzene rings is 1. The molecule has 1 aromatic rings. The highest BCUT2D eigenvalue weighted by Gasteiger charge is 2.39. The molecular formula is C24H31N3O3. The third-order valence-electron chi connectivity index (χ3n) is 7.12. The first kappa shape index (κ1) is 19.6. The molecule has 0 spiro atoms. The Morgan fingerprint density at radius 2 is 1.93 bits per heavy atom. The Balaban J connectivity index is 1.29. The number of fused-ring (bicyclic) bond motifs is 1. The van der Waals surface area contributed by atoms with E-state index in [1.54, 1.807) is 4.90 Å². The number of carbonyl (C=O) groups excluding carboxylic acids is 2. The van der Waals surface area contributed by atoms with Crippen molar-refractivity contribution in [3.8, 4) is 5.75 Å². The lowest BCUT2D eigenvalue weighted by molar-refractivity contribution is -0.126. The van der Waals surface area contributed by atoms with Crippen LogP contribution < -0.4 is 10.1 Å². The van der Waals surface area contributed by atoms with Gasteiger partial charge in [-0.3, -0.25) is 14.5 Å². The lowest BCUT2D eigenvalue weighted by Crippen LogP contribution is -2.57. The van der Waals surface area contributed by atoms with Crippen LogP contribution in [0.1, 0.15) is 61.4 Å². The van der Waals surface area contributed by atoms with E-state index in [1.807, 2.05) is 18.2 Å². The van der Waals surface area contributed by atoms with Crippen molar-refractivity contribution in [2.45, 2.75) is 70.2 Å². The molecule has 0 aromatic heterocycles. The first-order chi connectivity index (χ1) is 14.5. The average Bonchev–Trinajstić information content (AvgIpc) is 3.02. The molecule has 2 amide bonds. The number of allylic oxidation sites excluding steroid dienone is 1. The Kier molecular flexibility index (Phi) is 5.05. The van der Waals surface area contributed by atoms with Gasteiger partial charge in [0.1, 0.15) is 17.9 Å². The largest absolute Gasteiger partial charge is 0.489 e. The molecule has 3 aliphatic heterocycles. The third kappa shape index (κ3) is 3.51. The van der Waals surface area contributed by atoms with Crippen LogP contribution in [0.2, 0.25) is 0 Å². The molecule has 4 aliphatic rings. The summed E-state index contributed by atoms with van der Waals surface area (Å²) in [4.78, 5) is 29.6. The standard InChI is InChI=1S/C24H31N3O3/c1-15-12-26(13-15)20-5-3-4-6-22(20)30-18-8-9-19-17(11-18)14-27(24(19)29)21-10-7-16(2)25-23(21)28/h8-9,11,15,20-22H,2-7,10,12-14H2,1H3,(H,25,28)/t20-,21?,22-/m0/s1. The lowest BCUT2D eigenvalue weighted by Gasteiger charge is -2.47. The van der Waals surface area contributed by atoms with Gasteiger partial charge in [0, 0.05) is 36.9 Å². The molecule has 30 heavy (non-hydrogen) atoms. The molecule has 1 aliphatic carbocycles. The topological polar surface area (TPSA) is 61.9 Å². The second-order valence-corrected chi connectivity index (χ2v) is 9.47. The minimum Gasteiger partial charge on any atom is -0.489 e. The summed E-state index contributed by atoms with van der Waals surface area (Å²) in [6, 6.07) is 5.89. The fourth-order valence-corrected chi connectivity index (χ4v) is 5.53. The second-order valence-electron chi connectivity index (χ2n) is 9.47. The lowest BCUT2D eigenvalue weighted by atomic mass is 9.87. The highest BCUT2D eigenvalue weighted by Crippen LogP contribution is 2.34. The number of piperidine rings is 1. The molecule has 3 atom stereocenters. The Hall–Kier alpha value is -2.34. The Morgan fingerprint density at radius 3 is 2.70 bits per heavy atom. The fraction of sp³-hybridized carbons (Fsp3) is 0.583. The van der Waals surface area contributed by atoms with Crippen LogP contribution in [0.5, 0.6) is 5.75 Å². The molecule has 2 saturated heterocycles. The molecule has 1 N–H and O–H groups in total. The van der Waals surface area contributed by atoms with Crippen molar-refractivity contribution in [3.63, 3.8) is 0 Å². The van der Waals surface area contributed by atoms with Crippen LogP contribution in [0.25, 0.3) is 0 Å². The van der Waals surface area contributed by atoms with E-state index < -0.39 is 6.04 Å². The van der Waals surface area contributed by atoms with Crippen LogP contribution in [-0.4, -0.2) is 52.9 Å². The van der Waals surface area contributed by atoms with E-state index in [4.69, 9.17) is 4.74 Å². The summed E-state index contributed by atoms with van der Waals surface area (Å²) in [6.07, 6.45) is 6.34. The van der Waals surface area contributed by atoms with E-state index in [9.17, 15) is 9.59 Å². The first-order valence-corrected chi connectivity index (χ1v) is 11.3. The van der Waals surface area contributed by atoms with Crippen molar-refractivity contribution >= 4 is 11.8 Å². The molecule has 0 radical (unpaired) electrons. The Labute approximate surface area is 178 Å². The van der Waals surface area contributed by atoms with Gasteiger partial charge < -0.3 is 15.0 Å². The molecule has 1 aromatic carbocycles. The van der Waals surface area contributed by atoms with Gasteiger partial charge in [0.15, 0.2) is 0 Å². The number of amides is 2. The zero-order chi connectivity index (χ0) is 20.8. The minimum absolute atomic E-state index is 0.0608. The van der Waals surface area contributed by atoms with Crippen LogP contribution in [0.4, 0.5) is 0 Å². The van der Waals surface area contributed by atoms with Crippen molar-refractivity contribution in [3.05, 3.63) is 41.6 Å². The molecule has 6 heteroatoms. The summed E-state index contributed by atoms with van der Waals surface area (Å²) in [7, 11) is 0. The maximum absolute atomic E-state index is 12.9. The smallest absolute Gasteiger partial charge is 0.255 e. The van der Waals surface area contributed by atoms with Gasteiger partial charge in [-0.25, -0.2) is 0 Å². The molecule has 6 nitrogen and oxygen atoms in total. The summed E-state index contributed by atoms with van der Waals surface area (Å²) in [5, 5.41) is 2.79. The maximum Gasteiger partial charge on any atom is 0.255 e. The van der Waals surface area contributed by atoms with Gasteiger partial charge in [0.05, 0.1) is 0 Å². The van der Waals surface area contributed by atoms with Gasteiger partial charge in [-0.2, -0.15) is 0 Å². The summed E-state index contributed by atoms with van der Waals surface area (Å²) in [5.41, 5.74) is 2.38. The van der Waals surface area contributed by atoms with E-state index >= 15 is 0 Å². The summed E-state index contributed by atoms with van der Waals surface area (Å²) >= 11 is 0. The van der Waals surface area contributed by atoms with Crippen LogP contribution in [0.3, 0.4) is 0 Å². The molecule has 3 fully saturated rings. The molecule has 1 unspecified atom stereocenters. The highest BCUT2D eigenvalue weighted by molar-refractivity contribution is 6.01. The van der Waals surface area contributed by atoms with Crippen molar-refractivity contribution in [1.29, 1.82) is 0 Å². The molecular weight excluding hydrogens is 378 g/mol. The van der Waals surface area contributed by atoms with Gasteiger partial charge in [-0.15, -0.1) is 0 Å². The summed E-state index contributed by atoms with van der Waals surface area (Å²) in [6.45, 7) is 8.95. The van der Waals surface area contributed by atoms with Gasteiger partial charge in [-0.05, 0) is 61.8 Å². The van der Waals surface area contributed by atoms with E-state index in [0.717, 1.165) is 29.3 Å². The molecule has 0 bridgehead atoms. The van der Waals surface area contributed by atoms with Crippen LogP contribution in [-0.2, 0) is 11.3 Å². The predicted octanol–water partition coefficient (Wildman–Crippen LogP) is 3.08. The van der Waals surface area contributed by atoms with E-state index in [-0.39, 0.29) is 17.9 Å². The van der Waals surface area contributed by atoms with Crippen molar-refractivity contribution < 1.29 is 14.3 Å². The summed E-state index contributed by atoms with van der Waals surface area (Å²) in [5.74, 6) is 1.45. The van der Waals surface area contributed by atoms with E-state index in [0.29, 0.717) is 31.0 Å². The fourth-order valence-electron chi connectivity index (χ4n) is 5.53. The number of ether oxygens (including phenoxy) is 1. The number of hydrogen-bond acceptors (Lipinski definition) is 4. The number of likely N-dealkylation sites (tertiary alicyclic amines) is 1. The summed E-state index contributed by atoms with van der Waals surface area (Å²) < 4.78 is 6.47. The molecule has 1 saturated carbocycles. The second kappa shape index (κ2) is 7.73. The zero-order valence-electron chi connectivity index (χ0n) is 17.7. The van der Waals surface area contributed by atoms with Gasteiger partial charge >= 0.3 is 0 Å². The Morgan fingerprint density at radius 1 is 1.13 bits per heavy atom. The zero-order valence-corrected chi connectivity index (χ0v) is 17.7. The molecule has 160 valence electrons. The molecule has 3 heterocycles. The van der Waals surface area contributed by atoms with Gasteiger partial charge in [-0.1, -0.05) is 19.9 Å². The number of nitrogens with zero attached hydrogens (tertiary/aromatic N) is 2. The normalized spacial score (nSPS) is 30.1. The number of rotatable bonds is 4. The van der Waals surface area contributed by atoms with Crippen LogP contribution in [0.15, 0.2) is 30.5 Å². The highest BCUT2D eigenvalue weighted by atomic mass is 16.5. The quantitative estimate of drug-likeness (QED) is 0.830. The minimum atomic E-state index is -0.420. The predicted molar refractivity (Wildman–Crippen MR) is 114 cm³/mol. The Bertz CT molecular complexity index is 876. The van der Waals surface area contributed by atoms with E-state index in [1.165, 1.54) is 32.4 Å². The molecule has 5 rings (SSSR count). The van der Waals surface area contributed by atoms with Crippen LogP contribution >= 0.6 is 0 Å². The van der Waals surface area contributed by atoms with Crippen molar-refractivity contribution in [1.82, 2.24) is 15.1 Å². The van der Waals surface area contributed by atoms with Gasteiger partial charge in [0.2, 0.25) is 5.91 Å². The number of nitrogens with one attached hydrogen (secondary N) is 1. The number of carbonyl (C=O) groups is 2. The van der Waals surface area contributed by atoms with E-state index in [2.05, 4.69) is 23.7 Å². The van der Waals surface area contributed by atoms with Gasteiger partial charge in [0.25, 0.3) is 5.91 Å².